The highest BCUT2D eigenvalue weighted by Gasteiger charge is 2.45. The maximum Gasteiger partial charge on any atom is 0.245 e. The van der Waals surface area contributed by atoms with E-state index in [0.717, 1.165) is 22.2 Å². The number of hydrogen-bond acceptors (Lipinski definition) is 3. The number of carbonyl (C=O) groups is 2. The predicted octanol–water partition coefficient (Wildman–Crippen LogP) is 1.64. The number of nitrogens with zero attached hydrogens (tertiary/aromatic N) is 2. The van der Waals surface area contributed by atoms with Gasteiger partial charge in [0.05, 0.1) is 19.2 Å². The van der Waals surface area contributed by atoms with E-state index in [0.29, 0.717) is 13.0 Å². The van der Waals surface area contributed by atoms with Crippen LogP contribution in [0.15, 0.2) is 36.4 Å². The molecule has 0 aliphatic carbocycles. The zero-order valence-corrected chi connectivity index (χ0v) is 14.4. The Hall–Kier alpha value is -2.60. The van der Waals surface area contributed by atoms with Gasteiger partial charge in [0.2, 0.25) is 11.8 Å². The van der Waals surface area contributed by atoms with Gasteiger partial charge in [0, 0.05) is 37.2 Å². The number of aromatic nitrogens is 1. The largest absolute Gasteiger partial charge is 0.381 e. The van der Waals surface area contributed by atoms with Gasteiger partial charge in [0.1, 0.15) is 6.04 Å². The number of carbonyl (C=O) groups excluding carboxylic acids is 2. The Balaban J connectivity index is 1.87. The number of aromatic amines is 1. The van der Waals surface area contributed by atoms with Gasteiger partial charge in [-0.2, -0.15) is 0 Å². The number of amides is 2. The Labute approximate surface area is 146 Å². The van der Waals surface area contributed by atoms with Crippen molar-refractivity contribution in [3.8, 4) is 0 Å². The zero-order valence-electron chi connectivity index (χ0n) is 14.4. The molecule has 25 heavy (non-hydrogen) atoms. The van der Waals surface area contributed by atoms with Crippen LogP contribution in [-0.2, 0) is 20.7 Å². The molecule has 130 valence electrons. The normalized spacial score (nSPS) is 23.4. The molecule has 2 aliphatic rings. The number of rotatable bonds is 3. The van der Waals surface area contributed by atoms with Gasteiger partial charge in [0.15, 0.2) is 0 Å². The van der Waals surface area contributed by atoms with Crippen molar-refractivity contribution >= 4 is 22.7 Å². The number of fused-ring (bicyclic) bond motifs is 4. The topological polar surface area (TPSA) is 65.6 Å². The average Bonchev–Trinajstić information content (AvgIpc) is 2.98. The molecule has 2 atom stereocenters. The van der Waals surface area contributed by atoms with E-state index in [4.69, 9.17) is 4.74 Å². The van der Waals surface area contributed by atoms with Crippen molar-refractivity contribution in [2.75, 3.05) is 27.3 Å². The lowest BCUT2D eigenvalue weighted by molar-refractivity contribution is -0.157. The maximum atomic E-state index is 12.7. The van der Waals surface area contributed by atoms with Crippen LogP contribution in [0, 0.1) is 0 Å². The summed E-state index contributed by atoms with van der Waals surface area (Å²) < 4.78 is 5.11. The number of benzene rings is 1. The SMILES string of the molecule is COCC=C[C@@H]1c2[nH]c3ccccc3c2C[C@@H]2C(=O)N(C)CC(=O)N21. The molecule has 3 heterocycles. The van der Waals surface area contributed by atoms with Crippen molar-refractivity contribution < 1.29 is 14.3 Å². The Morgan fingerprint density at radius 3 is 2.92 bits per heavy atom. The van der Waals surface area contributed by atoms with E-state index in [1.807, 2.05) is 30.4 Å². The molecule has 0 spiro atoms. The second-order valence-corrected chi connectivity index (χ2v) is 6.61. The Bertz CT molecular complexity index is 870. The number of methoxy groups -OCH3 is 1. The number of likely N-dealkylation sites (N-methyl/N-ethyl adjacent to an activating group) is 1. The van der Waals surface area contributed by atoms with Crippen molar-refractivity contribution in [3.05, 3.63) is 47.7 Å². The summed E-state index contributed by atoms with van der Waals surface area (Å²) >= 11 is 0. The molecule has 0 radical (unpaired) electrons. The van der Waals surface area contributed by atoms with Crippen LogP contribution in [0.5, 0.6) is 0 Å². The molecule has 0 saturated carbocycles. The average molecular weight is 339 g/mol. The third-order valence-electron chi connectivity index (χ3n) is 5.08. The van der Waals surface area contributed by atoms with E-state index in [2.05, 4.69) is 11.1 Å². The molecule has 2 amide bonds. The molecular weight excluding hydrogens is 318 g/mol. The molecule has 0 bridgehead atoms. The standard InChI is InChI=1S/C19H21N3O3/c1-21-11-17(23)22-15(8-5-9-25-2)18-13(10-16(22)19(21)24)12-6-3-4-7-14(12)20-18/h3-8,15-16,20H,9-11H2,1-2H3/t15-,16-/m1/s1. The predicted molar refractivity (Wildman–Crippen MR) is 94.0 cm³/mol. The summed E-state index contributed by atoms with van der Waals surface area (Å²) in [6.07, 6.45) is 4.40. The summed E-state index contributed by atoms with van der Waals surface area (Å²) in [5.41, 5.74) is 3.15. The van der Waals surface area contributed by atoms with E-state index >= 15 is 0 Å². The molecule has 6 nitrogen and oxygen atoms in total. The van der Waals surface area contributed by atoms with E-state index in [1.165, 1.54) is 4.90 Å². The number of H-pyrrole nitrogens is 1. The smallest absolute Gasteiger partial charge is 0.245 e. The highest BCUT2D eigenvalue weighted by molar-refractivity contribution is 5.97. The summed E-state index contributed by atoms with van der Waals surface area (Å²) in [7, 11) is 3.32. The highest BCUT2D eigenvalue weighted by atomic mass is 16.5. The minimum Gasteiger partial charge on any atom is -0.381 e. The first kappa shape index (κ1) is 15.9. The van der Waals surface area contributed by atoms with Gasteiger partial charge in [-0.25, -0.2) is 0 Å². The molecular formula is C19H21N3O3. The van der Waals surface area contributed by atoms with Gasteiger partial charge in [-0.3, -0.25) is 9.59 Å². The van der Waals surface area contributed by atoms with Crippen molar-refractivity contribution in [1.29, 1.82) is 0 Å². The first-order valence-electron chi connectivity index (χ1n) is 8.43. The summed E-state index contributed by atoms with van der Waals surface area (Å²) in [5.74, 6) is -0.0239. The van der Waals surface area contributed by atoms with Crippen LogP contribution in [0.25, 0.3) is 10.9 Å². The molecule has 1 aromatic heterocycles. The lowest BCUT2D eigenvalue weighted by atomic mass is 9.89. The second-order valence-electron chi connectivity index (χ2n) is 6.61. The quantitative estimate of drug-likeness (QED) is 0.865. The van der Waals surface area contributed by atoms with Crippen LogP contribution in [0.1, 0.15) is 17.3 Å². The molecule has 6 heteroatoms. The van der Waals surface area contributed by atoms with E-state index in [-0.39, 0.29) is 24.4 Å². The van der Waals surface area contributed by atoms with Crippen molar-refractivity contribution in [3.63, 3.8) is 0 Å². The summed E-state index contributed by atoms with van der Waals surface area (Å²) in [4.78, 5) is 32.1. The van der Waals surface area contributed by atoms with E-state index in [1.54, 1.807) is 19.1 Å². The van der Waals surface area contributed by atoms with Crippen LogP contribution in [0.2, 0.25) is 0 Å². The Kier molecular flexibility index (Phi) is 3.84. The van der Waals surface area contributed by atoms with E-state index < -0.39 is 6.04 Å². The van der Waals surface area contributed by atoms with Gasteiger partial charge < -0.3 is 19.5 Å². The third-order valence-corrected chi connectivity index (χ3v) is 5.08. The summed E-state index contributed by atoms with van der Waals surface area (Å²) in [5, 5.41) is 1.12. The van der Waals surface area contributed by atoms with Gasteiger partial charge in [-0.05, 0) is 11.6 Å². The zero-order chi connectivity index (χ0) is 17.6. The molecule has 2 aromatic rings. The van der Waals surface area contributed by atoms with Crippen molar-refractivity contribution in [2.45, 2.75) is 18.5 Å². The van der Waals surface area contributed by atoms with Crippen LogP contribution < -0.4 is 0 Å². The molecule has 1 fully saturated rings. The number of piperazine rings is 1. The van der Waals surface area contributed by atoms with Crippen molar-refractivity contribution in [2.24, 2.45) is 0 Å². The minimum atomic E-state index is -0.449. The van der Waals surface area contributed by atoms with Gasteiger partial charge in [-0.1, -0.05) is 30.4 Å². The lowest BCUT2D eigenvalue weighted by Crippen LogP contribution is -2.61. The number of hydrogen-bond donors (Lipinski definition) is 1. The summed E-state index contributed by atoms with van der Waals surface area (Å²) in [6, 6.07) is 7.35. The molecule has 2 aliphatic heterocycles. The molecule has 1 saturated heterocycles. The Morgan fingerprint density at radius 1 is 1.32 bits per heavy atom. The minimum absolute atomic E-state index is 0.000623. The maximum absolute atomic E-state index is 12.7. The fourth-order valence-electron chi connectivity index (χ4n) is 3.94. The van der Waals surface area contributed by atoms with Gasteiger partial charge in [0.25, 0.3) is 0 Å². The number of ether oxygens (including phenoxy) is 1. The fourth-order valence-corrected chi connectivity index (χ4v) is 3.94. The van der Waals surface area contributed by atoms with Crippen molar-refractivity contribution in [1.82, 2.24) is 14.8 Å². The van der Waals surface area contributed by atoms with Gasteiger partial charge >= 0.3 is 0 Å². The molecule has 0 unspecified atom stereocenters. The van der Waals surface area contributed by atoms with Crippen LogP contribution >= 0.6 is 0 Å². The van der Waals surface area contributed by atoms with E-state index in [9.17, 15) is 9.59 Å². The molecule has 1 N–H and O–H groups in total. The second kappa shape index (κ2) is 6.04. The Morgan fingerprint density at radius 2 is 2.12 bits per heavy atom. The third kappa shape index (κ3) is 2.44. The number of nitrogens with one attached hydrogen (secondary N) is 1. The lowest BCUT2D eigenvalue weighted by Gasteiger charge is -2.45. The van der Waals surface area contributed by atoms with Crippen LogP contribution in [-0.4, -0.2) is 59.9 Å². The van der Waals surface area contributed by atoms with Gasteiger partial charge in [-0.15, -0.1) is 0 Å². The monoisotopic (exact) mass is 339 g/mol. The first-order valence-corrected chi connectivity index (χ1v) is 8.43. The number of para-hydroxylation sites is 1. The van der Waals surface area contributed by atoms with Crippen LogP contribution in [0.4, 0.5) is 0 Å². The van der Waals surface area contributed by atoms with Crippen LogP contribution in [0.3, 0.4) is 0 Å². The fraction of sp³-hybridized carbons (Fsp3) is 0.368. The molecule has 4 rings (SSSR count). The first-order chi connectivity index (χ1) is 12.1. The summed E-state index contributed by atoms with van der Waals surface area (Å²) in [6.45, 7) is 0.589. The molecule has 1 aromatic carbocycles. The highest BCUT2D eigenvalue weighted by Crippen LogP contribution is 2.39.